The number of carbonyl (C=O) groups is 1. The molecule has 1 heterocycles. The highest BCUT2D eigenvalue weighted by atomic mass is 32.1. The molecule has 0 radical (unpaired) electrons. The van der Waals surface area contributed by atoms with Crippen LogP contribution in [0.25, 0.3) is 0 Å². The Kier molecular flexibility index (Phi) is 4.00. The molecule has 0 aliphatic heterocycles. The molecule has 0 spiro atoms. The second-order valence-corrected chi connectivity index (χ2v) is 7.70. The molecule has 1 aliphatic rings. The van der Waals surface area contributed by atoms with Gasteiger partial charge in [-0.1, -0.05) is 27.7 Å². The average Bonchev–Trinajstić information content (AvgIpc) is 2.74. The van der Waals surface area contributed by atoms with Gasteiger partial charge in [-0.2, -0.15) is 0 Å². The van der Waals surface area contributed by atoms with Crippen molar-refractivity contribution >= 4 is 17.3 Å². The minimum atomic E-state index is -0.830. The van der Waals surface area contributed by atoms with E-state index < -0.39 is 5.97 Å². The second-order valence-electron chi connectivity index (χ2n) is 6.66. The minimum Gasteiger partial charge on any atom is -0.477 e. The van der Waals surface area contributed by atoms with Crippen molar-refractivity contribution in [3.8, 4) is 0 Å². The second kappa shape index (κ2) is 5.23. The molecule has 1 aromatic heterocycles. The van der Waals surface area contributed by atoms with Gasteiger partial charge in [-0.15, -0.1) is 11.3 Å². The first-order valence-electron chi connectivity index (χ1n) is 7.04. The maximum Gasteiger partial charge on any atom is 0.347 e. The first-order valence-corrected chi connectivity index (χ1v) is 7.86. The maximum atomic E-state index is 11.3. The molecule has 4 heteroatoms. The van der Waals surface area contributed by atoms with Gasteiger partial charge in [-0.3, -0.25) is 0 Å². The molecule has 1 aliphatic carbocycles. The fraction of sp³-hybridized carbons (Fsp3) is 0.733. The van der Waals surface area contributed by atoms with Crippen LogP contribution in [0.3, 0.4) is 0 Å². The van der Waals surface area contributed by atoms with Crippen molar-refractivity contribution in [2.45, 2.75) is 65.2 Å². The Hall–Kier alpha value is -0.900. The lowest BCUT2D eigenvalue weighted by molar-refractivity contribution is 0.0700. The lowest BCUT2D eigenvalue weighted by atomic mass is 9.73. The lowest BCUT2D eigenvalue weighted by Gasteiger charge is -2.33. The smallest absolute Gasteiger partial charge is 0.347 e. The SMILES string of the molecule is CC(C)c1nc(C2CCC(C)(C)CC2)sc1C(=O)O. The highest BCUT2D eigenvalue weighted by Crippen LogP contribution is 2.44. The molecule has 0 unspecified atom stereocenters. The number of hydrogen-bond acceptors (Lipinski definition) is 3. The number of carboxylic acids is 1. The normalized spacial score (nSPS) is 19.8. The third-order valence-corrected chi connectivity index (χ3v) is 5.32. The van der Waals surface area contributed by atoms with Crippen LogP contribution >= 0.6 is 11.3 Å². The van der Waals surface area contributed by atoms with E-state index >= 15 is 0 Å². The molecular weight excluding hydrogens is 258 g/mol. The Morgan fingerprint density at radius 1 is 1.37 bits per heavy atom. The van der Waals surface area contributed by atoms with Crippen LogP contribution in [0.1, 0.15) is 85.6 Å². The zero-order chi connectivity index (χ0) is 14.2. The summed E-state index contributed by atoms with van der Waals surface area (Å²) < 4.78 is 0. The third kappa shape index (κ3) is 3.16. The van der Waals surface area contributed by atoms with Crippen molar-refractivity contribution in [1.29, 1.82) is 0 Å². The van der Waals surface area contributed by atoms with Gasteiger partial charge in [0.1, 0.15) is 4.88 Å². The summed E-state index contributed by atoms with van der Waals surface area (Å²) in [5.41, 5.74) is 1.20. The van der Waals surface area contributed by atoms with Crippen LogP contribution in [0, 0.1) is 5.41 Å². The van der Waals surface area contributed by atoms with Gasteiger partial charge in [0.25, 0.3) is 0 Å². The standard InChI is InChI=1S/C15H23NO2S/c1-9(2)11-12(14(17)18)19-13(16-11)10-5-7-15(3,4)8-6-10/h9-10H,5-8H2,1-4H3,(H,17,18). The minimum absolute atomic E-state index is 0.177. The highest BCUT2D eigenvalue weighted by Gasteiger charge is 2.31. The van der Waals surface area contributed by atoms with Gasteiger partial charge in [0.05, 0.1) is 10.7 Å². The molecule has 0 aromatic carbocycles. The lowest BCUT2D eigenvalue weighted by Crippen LogP contribution is -2.20. The van der Waals surface area contributed by atoms with Gasteiger partial charge in [0.2, 0.25) is 0 Å². The van der Waals surface area contributed by atoms with Crippen molar-refractivity contribution in [2.75, 3.05) is 0 Å². The number of aromatic carboxylic acids is 1. The van der Waals surface area contributed by atoms with Crippen LogP contribution in [0.2, 0.25) is 0 Å². The quantitative estimate of drug-likeness (QED) is 0.877. The summed E-state index contributed by atoms with van der Waals surface area (Å²) in [6, 6.07) is 0. The largest absolute Gasteiger partial charge is 0.477 e. The summed E-state index contributed by atoms with van der Waals surface area (Å²) in [7, 11) is 0. The van der Waals surface area contributed by atoms with Gasteiger partial charge < -0.3 is 5.11 Å². The molecule has 1 N–H and O–H groups in total. The van der Waals surface area contributed by atoms with E-state index in [-0.39, 0.29) is 5.92 Å². The molecule has 3 nitrogen and oxygen atoms in total. The van der Waals surface area contributed by atoms with E-state index in [1.807, 2.05) is 13.8 Å². The van der Waals surface area contributed by atoms with Gasteiger partial charge in [0, 0.05) is 5.92 Å². The summed E-state index contributed by atoms with van der Waals surface area (Å²) in [6.07, 6.45) is 4.68. The first-order chi connectivity index (χ1) is 8.80. The predicted molar refractivity (Wildman–Crippen MR) is 78.2 cm³/mol. The Morgan fingerprint density at radius 3 is 2.37 bits per heavy atom. The molecule has 106 valence electrons. The van der Waals surface area contributed by atoms with Crippen molar-refractivity contribution in [2.24, 2.45) is 5.41 Å². The van der Waals surface area contributed by atoms with E-state index in [1.165, 1.54) is 24.2 Å². The summed E-state index contributed by atoms with van der Waals surface area (Å²) >= 11 is 1.39. The van der Waals surface area contributed by atoms with Crippen LogP contribution < -0.4 is 0 Å². The fourth-order valence-electron chi connectivity index (χ4n) is 2.71. The van der Waals surface area contributed by atoms with Crippen LogP contribution in [-0.4, -0.2) is 16.1 Å². The van der Waals surface area contributed by atoms with Crippen LogP contribution in [-0.2, 0) is 0 Å². The predicted octanol–water partition coefficient (Wildman–Crippen LogP) is 4.65. The van der Waals surface area contributed by atoms with E-state index in [2.05, 4.69) is 18.8 Å². The van der Waals surface area contributed by atoms with Crippen molar-refractivity contribution in [1.82, 2.24) is 4.98 Å². The Labute approximate surface area is 119 Å². The molecule has 0 amide bonds. The summed E-state index contributed by atoms with van der Waals surface area (Å²) in [4.78, 5) is 16.4. The molecule has 0 atom stereocenters. The van der Waals surface area contributed by atoms with E-state index in [9.17, 15) is 9.90 Å². The topological polar surface area (TPSA) is 50.2 Å². The molecule has 0 bridgehead atoms. The summed E-state index contributed by atoms with van der Waals surface area (Å²) in [6.45, 7) is 8.64. The van der Waals surface area contributed by atoms with Crippen molar-refractivity contribution in [3.05, 3.63) is 15.6 Å². The monoisotopic (exact) mass is 281 g/mol. The zero-order valence-electron chi connectivity index (χ0n) is 12.2. The number of hydrogen-bond donors (Lipinski definition) is 1. The Bertz CT molecular complexity index is 466. The van der Waals surface area contributed by atoms with Crippen LogP contribution in [0.15, 0.2) is 0 Å². The van der Waals surface area contributed by atoms with E-state index in [0.29, 0.717) is 16.2 Å². The Balaban J connectivity index is 2.22. The zero-order valence-corrected chi connectivity index (χ0v) is 13.0. The van der Waals surface area contributed by atoms with E-state index in [1.54, 1.807) is 0 Å². The van der Waals surface area contributed by atoms with Crippen LogP contribution in [0.5, 0.6) is 0 Å². The number of carboxylic acid groups (broad SMARTS) is 1. The number of aromatic nitrogens is 1. The van der Waals surface area contributed by atoms with Gasteiger partial charge in [0.15, 0.2) is 0 Å². The molecule has 19 heavy (non-hydrogen) atoms. The molecule has 0 saturated heterocycles. The maximum absolute atomic E-state index is 11.3. The average molecular weight is 281 g/mol. The van der Waals surface area contributed by atoms with Gasteiger partial charge in [-0.25, -0.2) is 9.78 Å². The van der Waals surface area contributed by atoms with Gasteiger partial charge in [-0.05, 0) is 37.0 Å². The molecular formula is C15H23NO2S. The number of rotatable bonds is 3. The summed E-state index contributed by atoms with van der Waals surface area (Å²) in [5, 5.41) is 10.3. The van der Waals surface area contributed by atoms with E-state index in [4.69, 9.17) is 0 Å². The third-order valence-electron chi connectivity index (χ3n) is 4.10. The van der Waals surface area contributed by atoms with Gasteiger partial charge >= 0.3 is 5.97 Å². The molecule has 1 fully saturated rings. The summed E-state index contributed by atoms with van der Waals surface area (Å²) in [5.74, 6) is -0.191. The fourth-order valence-corrected chi connectivity index (χ4v) is 3.94. The first kappa shape index (κ1) is 14.5. The Morgan fingerprint density at radius 2 is 1.95 bits per heavy atom. The number of nitrogens with zero attached hydrogens (tertiary/aromatic N) is 1. The van der Waals surface area contributed by atoms with Crippen molar-refractivity contribution < 1.29 is 9.90 Å². The van der Waals surface area contributed by atoms with Crippen molar-refractivity contribution in [3.63, 3.8) is 0 Å². The molecule has 1 aromatic rings. The van der Waals surface area contributed by atoms with Crippen LogP contribution in [0.4, 0.5) is 0 Å². The molecule has 2 rings (SSSR count). The molecule has 1 saturated carbocycles. The highest BCUT2D eigenvalue weighted by molar-refractivity contribution is 7.13. The van der Waals surface area contributed by atoms with E-state index in [0.717, 1.165) is 23.5 Å². The number of thiazole rings is 1.